The molecule has 0 atom stereocenters. The van der Waals surface area contributed by atoms with E-state index in [0.717, 1.165) is 38.9 Å². The highest BCUT2D eigenvalue weighted by atomic mass is 32.2. The number of hydrogen-bond donors (Lipinski definition) is 1. The number of aryl methyl sites for hydroxylation is 1. The van der Waals surface area contributed by atoms with Crippen molar-refractivity contribution in [1.82, 2.24) is 10.2 Å². The van der Waals surface area contributed by atoms with Gasteiger partial charge in [0.1, 0.15) is 5.58 Å². The minimum absolute atomic E-state index is 0.313. The Hall–Kier alpha value is -1.86. The molecule has 0 unspecified atom stereocenters. The number of nitrogens with one attached hydrogen (secondary N) is 1. The number of aromatic nitrogens is 2. The van der Waals surface area contributed by atoms with E-state index < -0.39 is 0 Å². The Kier molecular flexibility index (Phi) is 5.98. The number of benzene rings is 1. The van der Waals surface area contributed by atoms with Gasteiger partial charge in [-0.25, -0.2) is 4.79 Å². The van der Waals surface area contributed by atoms with Gasteiger partial charge in [0.15, 0.2) is 4.34 Å². The summed E-state index contributed by atoms with van der Waals surface area (Å²) in [7, 11) is 0. The number of fused-ring (bicyclic) bond motifs is 1. The largest absolute Gasteiger partial charge is 0.423 e. The Morgan fingerprint density at radius 1 is 1.27 bits per heavy atom. The summed E-state index contributed by atoms with van der Waals surface area (Å²) >= 11 is 3.13. The maximum atomic E-state index is 12.0. The Bertz CT molecular complexity index is 963. The topological polar surface area (TPSA) is 68.0 Å². The van der Waals surface area contributed by atoms with Crippen molar-refractivity contribution in [2.24, 2.45) is 0 Å². The van der Waals surface area contributed by atoms with Crippen molar-refractivity contribution in [3.05, 3.63) is 45.3 Å². The van der Waals surface area contributed by atoms with Crippen LogP contribution in [-0.4, -0.2) is 16.7 Å². The maximum absolute atomic E-state index is 12.0. The van der Waals surface area contributed by atoms with Gasteiger partial charge < -0.3 is 9.73 Å². The van der Waals surface area contributed by atoms with Crippen molar-refractivity contribution >= 4 is 39.2 Å². The van der Waals surface area contributed by atoms with Crippen LogP contribution in [0.3, 0.4) is 0 Å². The quantitative estimate of drug-likeness (QED) is 0.443. The number of hydrogen-bond acceptors (Lipinski definition) is 7. The van der Waals surface area contributed by atoms with Crippen LogP contribution in [0.15, 0.2) is 31.8 Å². The Morgan fingerprint density at radius 3 is 2.81 bits per heavy atom. The van der Waals surface area contributed by atoms with Crippen LogP contribution in [0.25, 0.3) is 11.0 Å². The summed E-state index contributed by atoms with van der Waals surface area (Å²) in [6, 6.07) is 5.71. The summed E-state index contributed by atoms with van der Waals surface area (Å²) in [5, 5.41) is 13.4. The van der Waals surface area contributed by atoms with Crippen LogP contribution in [0.5, 0.6) is 0 Å². The Morgan fingerprint density at radius 2 is 2.08 bits per heavy atom. The number of anilines is 1. The van der Waals surface area contributed by atoms with E-state index in [0.29, 0.717) is 17.3 Å². The molecule has 0 fully saturated rings. The average molecular weight is 390 g/mol. The SMILES string of the molecule is CCCNc1nnc(SCc2cc(=O)oc3cc(C)c(C(C)C)cc23)s1. The van der Waals surface area contributed by atoms with Crippen molar-refractivity contribution in [3.63, 3.8) is 0 Å². The molecule has 0 radical (unpaired) electrons. The third kappa shape index (κ3) is 4.27. The fourth-order valence-corrected chi connectivity index (χ4v) is 4.61. The molecule has 26 heavy (non-hydrogen) atoms. The van der Waals surface area contributed by atoms with E-state index in [9.17, 15) is 4.79 Å². The van der Waals surface area contributed by atoms with Crippen LogP contribution in [-0.2, 0) is 5.75 Å². The van der Waals surface area contributed by atoms with E-state index in [4.69, 9.17) is 4.42 Å². The second-order valence-corrected chi connectivity index (χ2v) is 8.74. The summed E-state index contributed by atoms with van der Waals surface area (Å²) < 4.78 is 6.31. The van der Waals surface area contributed by atoms with Crippen LogP contribution in [0, 0.1) is 6.92 Å². The monoisotopic (exact) mass is 389 g/mol. The molecule has 7 heteroatoms. The lowest BCUT2D eigenvalue weighted by Crippen LogP contribution is -2.02. The molecule has 3 rings (SSSR count). The number of thioether (sulfide) groups is 1. The standard InChI is InChI=1S/C19H23N3O2S2/c1-5-6-20-18-21-22-19(26-18)25-10-13-8-17(23)24-16-7-12(4)14(11(2)3)9-15(13)16/h7-9,11H,5-6,10H2,1-4H3,(H,20,21). The summed E-state index contributed by atoms with van der Waals surface area (Å²) in [4.78, 5) is 12.0. The molecule has 0 aliphatic carbocycles. The fourth-order valence-electron chi connectivity index (χ4n) is 2.84. The number of rotatable bonds is 7. The molecule has 138 valence electrons. The summed E-state index contributed by atoms with van der Waals surface area (Å²) in [5.41, 5.74) is 3.74. The van der Waals surface area contributed by atoms with Gasteiger partial charge >= 0.3 is 5.63 Å². The molecular weight excluding hydrogens is 366 g/mol. The van der Waals surface area contributed by atoms with E-state index in [1.807, 2.05) is 6.07 Å². The van der Waals surface area contributed by atoms with Crippen molar-refractivity contribution < 1.29 is 4.42 Å². The van der Waals surface area contributed by atoms with Gasteiger partial charge in [0.2, 0.25) is 5.13 Å². The highest BCUT2D eigenvalue weighted by Crippen LogP contribution is 2.32. The van der Waals surface area contributed by atoms with E-state index in [1.165, 1.54) is 5.56 Å². The molecule has 0 aliphatic heterocycles. The molecule has 5 nitrogen and oxygen atoms in total. The lowest BCUT2D eigenvalue weighted by molar-refractivity contribution is 0.559. The molecule has 2 heterocycles. The minimum atomic E-state index is -0.313. The van der Waals surface area contributed by atoms with Crippen LogP contribution < -0.4 is 10.9 Å². The van der Waals surface area contributed by atoms with E-state index >= 15 is 0 Å². The third-order valence-corrected chi connectivity index (χ3v) is 6.19. The maximum Gasteiger partial charge on any atom is 0.336 e. The molecule has 1 aromatic carbocycles. The van der Waals surface area contributed by atoms with Gasteiger partial charge in [-0.3, -0.25) is 0 Å². The van der Waals surface area contributed by atoms with Gasteiger partial charge in [-0.05, 0) is 48.1 Å². The summed E-state index contributed by atoms with van der Waals surface area (Å²) in [5.74, 6) is 1.08. The fraction of sp³-hybridized carbons (Fsp3) is 0.421. The van der Waals surface area contributed by atoms with E-state index in [2.05, 4.69) is 49.3 Å². The van der Waals surface area contributed by atoms with Crippen molar-refractivity contribution in [2.75, 3.05) is 11.9 Å². The Labute approximate surface area is 161 Å². The first-order chi connectivity index (χ1) is 12.5. The van der Waals surface area contributed by atoms with Gasteiger partial charge in [-0.15, -0.1) is 10.2 Å². The van der Waals surface area contributed by atoms with Crippen LogP contribution in [0.2, 0.25) is 0 Å². The molecule has 2 aromatic heterocycles. The van der Waals surface area contributed by atoms with E-state index in [-0.39, 0.29) is 5.63 Å². The second kappa shape index (κ2) is 8.22. The summed E-state index contributed by atoms with van der Waals surface area (Å²) in [6.07, 6.45) is 1.05. The van der Waals surface area contributed by atoms with Gasteiger partial charge in [-0.2, -0.15) is 0 Å². The molecule has 1 N–H and O–H groups in total. The van der Waals surface area contributed by atoms with Crippen LogP contribution in [0.1, 0.15) is 49.8 Å². The molecule has 0 saturated heterocycles. The summed E-state index contributed by atoms with van der Waals surface area (Å²) in [6.45, 7) is 9.41. The van der Waals surface area contributed by atoms with Crippen molar-refractivity contribution in [2.45, 2.75) is 50.1 Å². The second-order valence-electron chi connectivity index (χ2n) is 6.54. The predicted molar refractivity (Wildman–Crippen MR) is 110 cm³/mol. The molecule has 0 amide bonds. The first-order valence-electron chi connectivity index (χ1n) is 8.75. The van der Waals surface area contributed by atoms with Crippen molar-refractivity contribution in [3.8, 4) is 0 Å². The highest BCUT2D eigenvalue weighted by molar-refractivity contribution is 8.00. The highest BCUT2D eigenvalue weighted by Gasteiger charge is 2.13. The molecule has 0 spiro atoms. The molecule has 3 aromatic rings. The van der Waals surface area contributed by atoms with Crippen molar-refractivity contribution in [1.29, 1.82) is 0 Å². The van der Waals surface area contributed by atoms with Gasteiger partial charge in [0, 0.05) is 23.8 Å². The lowest BCUT2D eigenvalue weighted by atomic mass is 9.95. The smallest absolute Gasteiger partial charge is 0.336 e. The zero-order valence-corrected chi connectivity index (χ0v) is 17.1. The molecular formula is C19H23N3O2S2. The van der Waals surface area contributed by atoms with Crippen LogP contribution in [0.4, 0.5) is 5.13 Å². The van der Waals surface area contributed by atoms with E-state index in [1.54, 1.807) is 29.2 Å². The molecule has 0 saturated carbocycles. The molecule has 0 bridgehead atoms. The zero-order chi connectivity index (χ0) is 18.7. The zero-order valence-electron chi connectivity index (χ0n) is 15.5. The predicted octanol–water partition coefficient (Wildman–Crippen LogP) is 5.19. The minimum Gasteiger partial charge on any atom is -0.423 e. The third-order valence-electron chi connectivity index (χ3n) is 4.12. The van der Waals surface area contributed by atoms with Gasteiger partial charge in [-0.1, -0.05) is 43.9 Å². The average Bonchev–Trinajstić information content (AvgIpc) is 3.04. The Balaban J connectivity index is 1.88. The van der Waals surface area contributed by atoms with Crippen LogP contribution >= 0.6 is 23.1 Å². The first kappa shape index (κ1) is 18.9. The first-order valence-corrected chi connectivity index (χ1v) is 10.6. The normalized spacial score (nSPS) is 11.4. The van der Waals surface area contributed by atoms with Gasteiger partial charge in [0.05, 0.1) is 0 Å². The van der Waals surface area contributed by atoms with Gasteiger partial charge in [0.25, 0.3) is 0 Å². The molecule has 0 aliphatic rings. The number of nitrogens with zero attached hydrogens (tertiary/aromatic N) is 2. The lowest BCUT2D eigenvalue weighted by Gasteiger charge is -2.12.